The number of nitrogens with zero attached hydrogens (tertiary/aromatic N) is 2. The minimum atomic E-state index is 0.771. The van der Waals surface area contributed by atoms with Gasteiger partial charge in [-0.2, -0.15) is 5.10 Å². The Morgan fingerprint density at radius 3 is 2.72 bits per heavy atom. The van der Waals surface area contributed by atoms with E-state index in [1.54, 1.807) is 6.20 Å². The largest absolute Gasteiger partial charge is 0.397 e. The number of hydrogen-bond donors (Lipinski definition) is 2. The van der Waals surface area contributed by atoms with Crippen LogP contribution in [-0.4, -0.2) is 14.8 Å². The normalized spacial score (nSPS) is 10.7. The van der Waals surface area contributed by atoms with E-state index in [9.17, 15) is 0 Å². The lowest BCUT2D eigenvalue weighted by Crippen LogP contribution is -1.95. The summed E-state index contributed by atoms with van der Waals surface area (Å²) in [5, 5.41) is 6.74. The van der Waals surface area contributed by atoms with Crippen molar-refractivity contribution in [3.8, 4) is 11.1 Å². The summed E-state index contributed by atoms with van der Waals surface area (Å²) in [4.78, 5) is 0. The molecule has 0 unspecified atom stereocenters. The third kappa shape index (κ3) is 2.00. The van der Waals surface area contributed by atoms with Gasteiger partial charge in [0.05, 0.1) is 11.9 Å². The number of nitrogen functional groups attached to an aromatic ring is 1. The Kier molecular flexibility index (Phi) is 2.61. The highest BCUT2D eigenvalue weighted by Gasteiger charge is 2.07. The predicted octanol–water partition coefficient (Wildman–Crippen LogP) is 2.51. The molecule has 2 heterocycles. The quantitative estimate of drug-likeness (QED) is 0.736. The van der Waals surface area contributed by atoms with Gasteiger partial charge in [-0.15, -0.1) is 0 Å². The molecule has 0 aliphatic heterocycles. The van der Waals surface area contributed by atoms with Crippen molar-refractivity contribution in [2.24, 2.45) is 0 Å². The molecule has 4 nitrogen and oxygen atoms in total. The topological polar surface area (TPSA) is 59.6 Å². The highest BCUT2D eigenvalue weighted by Crippen LogP contribution is 2.26. The molecule has 3 aromatic rings. The van der Waals surface area contributed by atoms with Crippen LogP contribution in [0.2, 0.25) is 0 Å². The van der Waals surface area contributed by atoms with E-state index in [2.05, 4.69) is 26.9 Å². The summed E-state index contributed by atoms with van der Waals surface area (Å²) < 4.78 is 2.09. The Morgan fingerprint density at radius 1 is 1.17 bits per heavy atom. The van der Waals surface area contributed by atoms with E-state index in [1.165, 1.54) is 5.56 Å². The number of nitrogens with one attached hydrogen (secondary N) is 1. The summed E-state index contributed by atoms with van der Waals surface area (Å²) >= 11 is 0. The molecular weight excluding hydrogens is 224 g/mol. The van der Waals surface area contributed by atoms with Gasteiger partial charge in [0.1, 0.15) is 0 Å². The summed E-state index contributed by atoms with van der Waals surface area (Å²) in [7, 11) is 0. The van der Waals surface area contributed by atoms with Crippen LogP contribution >= 0.6 is 0 Å². The Balaban J connectivity index is 1.89. The third-order valence-corrected chi connectivity index (χ3v) is 2.93. The van der Waals surface area contributed by atoms with Crippen LogP contribution in [0.25, 0.3) is 11.1 Å². The molecule has 90 valence electrons. The highest BCUT2D eigenvalue weighted by molar-refractivity contribution is 5.74. The third-order valence-electron chi connectivity index (χ3n) is 2.93. The van der Waals surface area contributed by atoms with Crippen LogP contribution < -0.4 is 5.73 Å². The van der Waals surface area contributed by atoms with Crippen LogP contribution in [0.15, 0.2) is 55.1 Å². The molecule has 18 heavy (non-hydrogen) atoms. The first-order chi connectivity index (χ1) is 8.83. The number of aromatic amines is 1. The molecule has 0 fully saturated rings. The van der Waals surface area contributed by atoms with Crippen LogP contribution in [0, 0.1) is 0 Å². The molecule has 2 aromatic heterocycles. The molecule has 3 rings (SSSR count). The average molecular weight is 238 g/mol. The zero-order valence-corrected chi connectivity index (χ0v) is 9.88. The van der Waals surface area contributed by atoms with E-state index in [1.807, 2.05) is 36.8 Å². The van der Waals surface area contributed by atoms with E-state index in [0.717, 1.165) is 23.4 Å². The predicted molar refractivity (Wildman–Crippen MR) is 72.0 cm³/mol. The van der Waals surface area contributed by atoms with E-state index < -0.39 is 0 Å². The molecule has 4 heteroatoms. The van der Waals surface area contributed by atoms with Gasteiger partial charge in [-0.3, -0.25) is 5.10 Å². The van der Waals surface area contributed by atoms with Crippen molar-refractivity contribution in [2.45, 2.75) is 6.54 Å². The summed E-state index contributed by atoms with van der Waals surface area (Å²) in [6, 6.07) is 10.3. The minimum absolute atomic E-state index is 0.771. The fraction of sp³-hybridized carbons (Fsp3) is 0.0714. The van der Waals surface area contributed by atoms with Gasteiger partial charge in [0.25, 0.3) is 0 Å². The van der Waals surface area contributed by atoms with Crippen molar-refractivity contribution in [3.63, 3.8) is 0 Å². The molecule has 0 radical (unpaired) electrons. The van der Waals surface area contributed by atoms with Crippen molar-refractivity contribution >= 4 is 5.69 Å². The maximum Gasteiger partial charge on any atom is 0.0574 e. The molecule has 0 saturated carbocycles. The number of nitrogens with two attached hydrogens (primary N) is 1. The zero-order valence-electron chi connectivity index (χ0n) is 9.88. The Morgan fingerprint density at radius 2 is 2.00 bits per heavy atom. The van der Waals surface area contributed by atoms with E-state index in [4.69, 9.17) is 5.73 Å². The lowest BCUT2D eigenvalue weighted by molar-refractivity contribution is 0.807. The van der Waals surface area contributed by atoms with Crippen LogP contribution in [-0.2, 0) is 6.54 Å². The second-order valence-corrected chi connectivity index (χ2v) is 4.27. The summed E-state index contributed by atoms with van der Waals surface area (Å²) in [5.41, 5.74) is 10.1. The number of hydrogen-bond acceptors (Lipinski definition) is 2. The Labute approximate surface area is 105 Å². The maximum atomic E-state index is 6.02. The summed E-state index contributed by atoms with van der Waals surface area (Å²) in [6.07, 6.45) is 7.62. The number of H-pyrrole nitrogens is 1. The maximum absolute atomic E-state index is 6.02. The second-order valence-electron chi connectivity index (χ2n) is 4.27. The summed E-state index contributed by atoms with van der Waals surface area (Å²) in [5.74, 6) is 0. The lowest BCUT2D eigenvalue weighted by Gasteiger charge is -2.01. The average Bonchev–Trinajstić information content (AvgIpc) is 3.00. The van der Waals surface area contributed by atoms with Gasteiger partial charge in [-0.1, -0.05) is 30.3 Å². The van der Waals surface area contributed by atoms with Gasteiger partial charge in [0.2, 0.25) is 0 Å². The molecule has 0 bridgehead atoms. The van der Waals surface area contributed by atoms with Crippen molar-refractivity contribution in [1.29, 1.82) is 0 Å². The molecular formula is C14H14N4. The van der Waals surface area contributed by atoms with E-state index >= 15 is 0 Å². The van der Waals surface area contributed by atoms with Crippen LogP contribution in [0.1, 0.15) is 5.56 Å². The number of aromatic nitrogens is 3. The van der Waals surface area contributed by atoms with Gasteiger partial charge < -0.3 is 10.3 Å². The van der Waals surface area contributed by atoms with E-state index in [0.29, 0.717) is 0 Å². The van der Waals surface area contributed by atoms with Gasteiger partial charge in [0, 0.05) is 36.3 Å². The van der Waals surface area contributed by atoms with Crippen molar-refractivity contribution < 1.29 is 0 Å². The fourth-order valence-electron chi connectivity index (χ4n) is 2.05. The SMILES string of the molecule is Nc1cn(Cc2ccccc2)cc1-c1cn[nH]c1. The molecule has 0 aliphatic carbocycles. The van der Waals surface area contributed by atoms with Gasteiger partial charge in [-0.25, -0.2) is 0 Å². The first-order valence-corrected chi connectivity index (χ1v) is 5.81. The summed E-state index contributed by atoms with van der Waals surface area (Å²) in [6.45, 7) is 0.822. The van der Waals surface area contributed by atoms with Crippen LogP contribution in [0.3, 0.4) is 0 Å². The molecule has 0 aliphatic rings. The van der Waals surface area contributed by atoms with Crippen LogP contribution in [0.4, 0.5) is 5.69 Å². The fourth-order valence-corrected chi connectivity index (χ4v) is 2.05. The van der Waals surface area contributed by atoms with Crippen molar-refractivity contribution in [3.05, 3.63) is 60.7 Å². The first-order valence-electron chi connectivity index (χ1n) is 5.81. The van der Waals surface area contributed by atoms with E-state index in [-0.39, 0.29) is 0 Å². The van der Waals surface area contributed by atoms with Gasteiger partial charge >= 0.3 is 0 Å². The van der Waals surface area contributed by atoms with Crippen molar-refractivity contribution in [2.75, 3.05) is 5.73 Å². The molecule has 0 amide bonds. The molecule has 3 N–H and O–H groups in total. The molecule has 1 aromatic carbocycles. The minimum Gasteiger partial charge on any atom is -0.397 e. The van der Waals surface area contributed by atoms with Gasteiger partial charge in [-0.05, 0) is 5.56 Å². The number of rotatable bonds is 3. The van der Waals surface area contributed by atoms with Crippen LogP contribution in [0.5, 0.6) is 0 Å². The Hall–Kier alpha value is -2.49. The smallest absolute Gasteiger partial charge is 0.0574 e. The molecule has 0 saturated heterocycles. The zero-order chi connectivity index (χ0) is 12.4. The molecule has 0 spiro atoms. The first kappa shape index (κ1) is 10.7. The van der Waals surface area contributed by atoms with Gasteiger partial charge in [0.15, 0.2) is 0 Å². The lowest BCUT2D eigenvalue weighted by atomic mass is 10.2. The second kappa shape index (κ2) is 4.41. The number of anilines is 1. The highest BCUT2D eigenvalue weighted by atomic mass is 15.1. The Bertz CT molecular complexity index is 623. The monoisotopic (exact) mass is 238 g/mol. The van der Waals surface area contributed by atoms with Crippen molar-refractivity contribution in [1.82, 2.24) is 14.8 Å². The number of benzene rings is 1. The molecule has 0 atom stereocenters. The standard InChI is InChI=1S/C14H14N4/c15-14-10-18(8-11-4-2-1-3-5-11)9-13(14)12-6-16-17-7-12/h1-7,9-10H,8,15H2,(H,16,17).